The molecule has 136 valence electrons. The number of carbonyl (C=O) groups excluding carboxylic acids is 1. The summed E-state index contributed by atoms with van der Waals surface area (Å²) in [4.78, 5) is 26.2. The van der Waals surface area contributed by atoms with Gasteiger partial charge in [0.15, 0.2) is 5.76 Å². The highest BCUT2D eigenvalue weighted by molar-refractivity contribution is 5.81. The molecule has 0 bridgehead atoms. The van der Waals surface area contributed by atoms with Crippen molar-refractivity contribution in [2.24, 2.45) is 5.10 Å². The minimum atomic E-state index is -0.634. The highest BCUT2D eigenvalue weighted by Gasteiger charge is 2.19. The van der Waals surface area contributed by atoms with Crippen molar-refractivity contribution in [3.05, 3.63) is 58.3 Å². The van der Waals surface area contributed by atoms with Crippen LogP contribution in [0, 0.1) is 10.1 Å². The minimum absolute atomic E-state index is 0.202. The van der Waals surface area contributed by atoms with Gasteiger partial charge < -0.3 is 9.32 Å². The second kappa shape index (κ2) is 8.26. The Balaban J connectivity index is 1.41. The number of nitrogens with zero attached hydrogens (tertiary/aromatic N) is 4. The monoisotopic (exact) mass is 357 g/mol. The number of anilines is 1. The molecule has 0 spiro atoms. The maximum atomic E-state index is 11.9. The maximum Gasteiger partial charge on any atom is 0.433 e. The zero-order valence-electron chi connectivity index (χ0n) is 14.1. The summed E-state index contributed by atoms with van der Waals surface area (Å²) in [6.07, 6.45) is 1.23. The summed E-state index contributed by atoms with van der Waals surface area (Å²) in [6, 6.07) is 12.8. The van der Waals surface area contributed by atoms with Gasteiger partial charge in [-0.05, 0) is 18.2 Å². The van der Waals surface area contributed by atoms with E-state index in [4.69, 9.17) is 4.42 Å². The highest BCUT2D eigenvalue weighted by Crippen LogP contribution is 2.15. The molecule has 1 aliphatic rings. The number of amides is 1. The van der Waals surface area contributed by atoms with Crippen molar-refractivity contribution in [1.29, 1.82) is 0 Å². The molecule has 1 aromatic heterocycles. The zero-order valence-corrected chi connectivity index (χ0v) is 14.1. The van der Waals surface area contributed by atoms with Crippen LogP contribution in [0.3, 0.4) is 0 Å². The number of rotatable bonds is 6. The molecule has 0 atom stereocenters. The van der Waals surface area contributed by atoms with Crippen LogP contribution in [0.25, 0.3) is 0 Å². The van der Waals surface area contributed by atoms with Gasteiger partial charge in [0.25, 0.3) is 5.91 Å². The fraction of sp³-hybridized carbons (Fsp3) is 0.294. The van der Waals surface area contributed by atoms with Gasteiger partial charge in [-0.3, -0.25) is 19.8 Å². The molecule has 9 nitrogen and oxygen atoms in total. The average Bonchev–Trinajstić information content (AvgIpc) is 3.12. The predicted octanol–water partition coefficient (Wildman–Crippen LogP) is 1.46. The lowest BCUT2D eigenvalue weighted by Crippen LogP contribution is -2.49. The third-order valence-electron chi connectivity index (χ3n) is 4.03. The van der Waals surface area contributed by atoms with E-state index in [2.05, 4.69) is 32.5 Å². The molecule has 1 N–H and O–H groups in total. The van der Waals surface area contributed by atoms with E-state index in [1.807, 2.05) is 18.2 Å². The molecule has 1 amide bonds. The number of carbonyl (C=O) groups is 1. The summed E-state index contributed by atoms with van der Waals surface area (Å²) >= 11 is 0. The average molecular weight is 357 g/mol. The van der Waals surface area contributed by atoms with Crippen molar-refractivity contribution in [2.75, 3.05) is 37.6 Å². The number of para-hydroxylation sites is 1. The Morgan fingerprint density at radius 1 is 1.19 bits per heavy atom. The van der Waals surface area contributed by atoms with Crippen molar-refractivity contribution in [3.63, 3.8) is 0 Å². The largest absolute Gasteiger partial charge is 0.433 e. The van der Waals surface area contributed by atoms with Crippen molar-refractivity contribution in [2.45, 2.75) is 0 Å². The predicted molar refractivity (Wildman–Crippen MR) is 96.2 cm³/mol. The topological polar surface area (TPSA) is 104 Å². The van der Waals surface area contributed by atoms with Gasteiger partial charge in [0.1, 0.15) is 4.92 Å². The van der Waals surface area contributed by atoms with E-state index < -0.39 is 4.92 Å². The van der Waals surface area contributed by atoms with E-state index in [9.17, 15) is 14.9 Å². The fourth-order valence-electron chi connectivity index (χ4n) is 2.72. The Morgan fingerprint density at radius 2 is 1.92 bits per heavy atom. The van der Waals surface area contributed by atoms with Gasteiger partial charge in [-0.2, -0.15) is 5.10 Å². The Labute approximate surface area is 150 Å². The van der Waals surface area contributed by atoms with E-state index in [1.165, 1.54) is 24.0 Å². The van der Waals surface area contributed by atoms with Crippen LogP contribution in [-0.4, -0.2) is 54.7 Å². The quantitative estimate of drug-likeness (QED) is 0.477. The SMILES string of the molecule is O=C(CN1CCN(c2ccccc2)CC1)NN=Cc1ccc([N+](=O)[O-])o1. The number of hydrazone groups is 1. The lowest BCUT2D eigenvalue weighted by Gasteiger charge is -2.35. The lowest BCUT2D eigenvalue weighted by molar-refractivity contribution is -0.402. The number of nitro groups is 1. The highest BCUT2D eigenvalue weighted by atomic mass is 16.6. The minimum Gasteiger partial charge on any atom is -0.400 e. The second-order valence-corrected chi connectivity index (χ2v) is 5.83. The van der Waals surface area contributed by atoms with Gasteiger partial charge in [0.2, 0.25) is 0 Å². The summed E-state index contributed by atoms with van der Waals surface area (Å²) < 4.78 is 4.92. The first-order valence-corrected chi connectivity index (χ1v) is 8.20. The summed E-state index contributed by atoms with van der Waals surface area (Å²) in [5, 5.41) is 14.3. The molecule has 26 heavy (non-hydrogen) atoms. The van der Waals surface area contributed by atoms with E-state index in [-0.39, 0.29) is 24.1 Å². The van der Waals surface area contributed by atoms with Gasteiger partial charge in [0.05, 0.1) is 18.8 Å². The first-order valence-electron chi connectivity index (χ1n) is 8.20. The molecule has 1 fully saturated rings. The molecule has 0 unspecified atom stereocenters. The van der Waals surface area contributed by atoms with Crippen LogP contribution in [0.15, 0.2) is 52.0 Å². The molecule has 9 heteroatoms. The molecule has 0 aliphatic carbocycles. The number of furan rings is 1. The van der Waals surface area contributed by atoms with E-state index in [1.54, 1.807) is 0 Å². The molecular formula is C17H19N5O4. The molecule has 3 rings (SSSR count). The Kier molecular flexibility index (Phi) is 5.59. The standard InChI is InChI=1S/C17H19N5O4/c23-16(19-18-12-15-6-7-17(26-15)22(24)25)13-20-8-10-21(11-9-20)14-4-2-1-3-5-14/h1-7,12H,8-11,13H2,(H,19,23). The Hall–Kier alpha value is -3.20. The molecule has 0 saturated carbocycles. The molecule has 1 aromatic carbocycles. The van der Waals surface area contributed by atoms with Crippen molar-refractivity contribution in [3.8, 4) is 0 Å². The molecule has 0 radical (unpaired) electrons. The number of hydrogen-bond donors (Lipinski definition) is 1. The van der Waals surface area contributed by atoms with Crippen LogP contribution in [0.1, 0.15) is 5.76 Å². The Bertz CT molecular complexity index is 781. The van der Waals surface area contributed by atoms with Crippen LogP contribution in [0.2, 0.25) is 0 Å². The van der Waals surface area contributed by atoms with Crippen molar-refractivity contribution in [1.82, 2.24) is 10.3 Å². The first kappa shape index (κ1) is 17.6. The van der Waals surface area contributed by atoms with Crippen LogP contribution in [-0.2, 0) is 4.79 Å². The molecule has 2 aromatic rings. The van der Waals surface area contributed by atoms with Crippen molar-refractivity contribution >= 4 is 23.7 Å². The summed E-state index contributed by atoms with van der Waals surface area (Å²) in [7, 11) is 0. The van der Waals surface area contributed by atoms with Gasteiger partial charge in [-0.1, -0.05) is 18.2 Å². The van der Waals surface area contributed by atoms with E-state index in [0.717, 1.165) is 26.2 Å². The normalized spacial score (nSPS) is 15.3. The third kappa shape index (κ3) is 4.67. The maximum absolute atomic E-state index is 11.9. The van der Waals surface area contributed by atoms with Gasteiger partial charge in [-0.25, -0.2) is 5.43 Å². The Morgan fingerprint density at radius 3 is 2.58 bits per heavy atom. The summed E-state index contributed by atoms with van der Waals surface area (Å²) in [6.45, 7) is 3.54. The second-order valence-electron chi connectivity index (χ2n) is 5.83. The fourth-order valence-corrected chi connectivity index (χ4v) is 2.72. The van der Waals surface area contributed by atoms with Crippen LogP contribution in [0.4, 0.5) is 11.6 Å². The summed E-state index contributed by atoms with van der Waals surface area (Å²) in [5.74, 6) is -0.405. The van der Waals surface area contributed by atoms with Gasteiger partial charge >= 0.3 is 5.88 Å². The lowest BCUT2D eigenvalue weighted by atomic mass is 10.2. The molecular weight excluding hydrogens is 338 g/mol. The van der Waals surface area contributed by atoms with Gasteiger partial charge in [-0.15, -0.1) is 0 Å². The first-order chi connectivity index (χ1) is 12.6. The third-order valence-corrected chi connectivity index (χ3v) is 4.03. The molecule has 1 saturated heterocycles. The van der Waals surface area contributed by atoms with Gasteiger partial charge in [0, 0.05) is 31.9 Å². The molecule has 1 aliphatic heterocycles. The van der Waals surface area contributed by atoms with Crippen LogP contribution < -0.4 is 10.3 Å². The number of piperazine rings is 1. The van der Waals surface area contributed by atoms with E-state index in [0.29, 0.717) is 0 Å². The van der Waals surface area contributed by atoms with Crippen LogP contribution in [0.5, 0.6) is 0 Å². The summed E-state index contributed by atoms with van der Waals surface area (Å²) in [5.41, 5.74) is 3.59. The zero-order chi connectivity index (χ0) is 18.4. The van der Waals surface area contributed by atoms with E-state index >= 15 is 0 Å². The van der Waals surface area contributed by atoms with Crippen LogP contribution >= 0.6 is 0 Å². The smallest absolute Gasteiger partial charge is 0.400 e. The number of benzene rings is 1. The number of nitrogens with one attached hydrogen (secondary N) is 1. The van der Waals surface area contributed by atoms with Crippen molar-refractivity contribution < 1.29 is 14.1 Å². The molecule has 2 heterocycles. The number of hydrogen-bond acceptors (Lipinski definition) is 7.